The molecule has 1 N–H and O–H groups in total. The number of alkyl halides is 3. The van der Waals surface area contributed by atoms with Gasteiger partial charge in [-0.3, -0.25) is 4.79 Å². The molecule has 1 spiro atoms. The predicted octanol–water partition coefficient (Wildman–Crippen LogP) is 0.903. The van der Waals surface area contributed by atoms with Crippen molar-refractivity contribution in [2.24, 2.45) is 0 Å². The molecule has 2 heterocycles. The molecule has 2 rings (SSSR count). The van der Waals surface area contributed by atoms with E-state index in [1.165, 1.54) is 0 Å². The van der Waals surface area contributed by atoms with Gasteiger partial charge in [-0.05, 0) is 25.8 Å². The van der Waals surface area contributed by atoms with Crippen LogP contribution in [0.3, 0.4) is 0 Å². The van der Waals surface area contributed by atoms with Crippen LogP contribution in [0.1, 0.15) is 19.3 Å². The summed E-state index contributed by atoms with van der Waals surface area (Å²) in [7, 11) is 0. The summed E-state index contributed by atoms with van der Waals surface area (Å²) in [4.78, 5) is 11.9. The first kappa shape index (κ1) is 10.7. The van der Waals surface area contributed by atoms with E-state index < -0.39 is 12.1 Å². The van der Waals surface area contributed by atoms with Gasteiger partial charge in [0.1, 0.15) is 0 Å². The molecule has 1 amide bonds. The smallest absolute Gasteiger partial charge is 0.333 e. The van der Waals surface area contributed by atoms with Crippen LogP contribution in [0.2, 0.25) is 0 Å². The maximum atomic E-state index is 12.2. The zero-order valence-electron chi connectivity index (χ0n) is 8.23. The third-order valence-electron chi connectivity index (χ3n) is 3.22. The molecule has 0 bridgehead atoms. The molecule has 2 aliphatic heterocycles. The highest BCUT2D eigenvalue weighted by atomic mass is 19.4. The van der Waals surface area contributed by atoms with E-state index in [9.17, 15) is 18.0 Å². The Hall–Kier alpha value is -0.780. The number of nitrogens with one attached hydrogen (secondary N) is 1. The fourth-order valence-corrected chi connectivity index (χ4v) is 2.44. The summed E-state index contributed by atoms with van der Waals surface area (Å²) in [5, 5.41) is 3.21. The van der Waals surface area contributed by atoms with E-state index >= 15 is 0 Å². The van der Waals surface area contributed by atoms with E-state index in [0.29, 0.717) is 6.42 Å². The molecular weight excluding hydrogens is 209 g/mol. The van der Waals surface area contributed by atoms with Crippen molar-refractivity contribution >= 4 is 5.91 Å². The zero-order chi connectivity index (χ0) is 11.1. The Labute approximate surface area is 85.6 Å². The summed E-state index contributed by atoms with van der Waals surface area (Å²) in [5.41, 5.74) is -0.235. The first-order valence-corrected chi connectivity index (χ1v) is 5.04. The SMILES string of the molecule is O=C(N1CCC2(CCCN2)C1)C(F)(F)F. The molecule has 0 aromatic rings. The number of amides is 1. The van der Waals surface area contributed by atoms with Gasteiger partial charge in [0.05, 0.1) is 0 Å². The Morgan fingerprint density at radius 3 is 2.60 bits per heavy atom. The fourth-order valence-electron chi connectivity index (χ4n) is 2.44. The molecule has 0 radical (unpaired) electrons. The van der Waals surface area contributed by atoms with Gasteiger partial charge in [-0.15, -0.1) is 0 Å². The number of hydrogen-bond acceptors (Lipinski definition) is 2. The van der Waals surface area contributed by atoms with Gasteiger partial charge < -0.3 is 10.2 Å². The summed E-state index contributed by atoms with van der Waals surface area (Å²) < 4.78 is 36.5. The number of rotatable bonds is 0. The van der Waals surface area contributed by atoms with Crippen LogP contribution < -0.4 is 5.32 Å². The average molecular weight is 222 g/mol. The van der Waals surface area contributed by atoms with Crippen molar-refractivity contribution in [1.82, 2.24) is 10.2 Å². The Morgan fingerprint density at radius 2 is 2.07 bits per heavy atom. The van der Waals surface area contributed by atoms with Gasteiger partial charge in [0, 0.05) is 18.6 Å². The van der Waals surface area contributed by atoms with E-state index in [0.717, 1.165) is 24.3 Å². The van der Waals surface area contributed by atoms with Crippen molar-refractivity contribution in [3.8, 4) is 0 Å². The van der Waals surface area contributed by atoms with Crippen molar-refractivity contribution in [2.75, 3.05) is 19.6 Å². The molecule has 2 fully saturated rings. The summed E-state index contributed by atoms with van der Waals surface area (Å²) >= 11 is 0. The summed E-state index contributed by atoms with van der Waals surface area (Å²) in [6, 6.07) is 0. The van der Waals surface area contributed by atoms with Crippen molar-refractivity contribution in [2.45, 2.75) is 31.0 Å². The predicted molar refractivity (Wildman–Crippen MR) is 47.2 cm³/mol. The summed E-state index contributed by atoms with van der Waals surface area (Å²) in [5.74, 6) is -1.70. The molecule has 0 aromatic carbocycles. The quantitative estimate of drug-likeness (QED) is 0.660. The number of halogens is 3. The molecule has 1 atom stereocenters. The maximum Gasteiger partial charge on any atom is 0.471 e. The van der Waals surface area contributed by atoms with Gasteiger partial charge in [0.15, 0.2) is 0 Å². The zero-order valence-corrected chi connectivity index (χ0v) is 8.23. The molecule has 0 aliphatic carbocycles. The van der Waals surface area contributed by atoms with Crippen LogP contribution >= 0.6 is 0 Å². The van der Waals surface area contributed by atoms with Crippen LogP contribution in [0.4, 0.5) is 13.2 Å². The molecule has 1 unspecified atom stereocenters. The van der Waals surface area contributed by atoms with E-state index in [1.807, 2.05) is 0 Å². The molecule has 0 aromatic heterocycles. The molecule has 15 heavy (non-hydrogen) atoms. The lowest BCUT2D eigenvalue weighted by Crippen LogP contribution is -2.46. The molecule has 0 saturated carbocycles. The van der Waals surface area contributed by atoms with Crippen LogP contribution in [0.25, 0.3) is 0 Å². The van der Waals surface area contributed by atoms with Crippen molar-refractivity contribution < 1.29 is 18.0 Å². The van der Waals surface area contributed by atoms with Gasteiger partial charge in [0.2, 0.25) is 0 Å². The van der Waals surface area contributed by atoms with Gasteiger partial charge in [0.25, 0.3) is 0 Å². The average Bonchev–Trinajstić information content (AvgIpc) is 2.75. The minimum absolute atomic E-state index is 0.200. The van der Waals surface area contributed by atoms with Gasteiger partial charge in [-0.25, -0.2) is 0 Å². The first-order valence-electron chi connectivity index (χ1n) is 5.04. The van der Waals surface area contributed by atoms with Gasteiger partial charge in [-0.1, -0.05) is 0 Å². The number of carbonyl (C=O) groups is 1. The number of carbonyl (C=O) groups excluding carboxylic acids is 1. The van der Waals surface area contributed by atoms with Crippen molar-refractivity contribution in [3.05, 3.63) is 0 Å². The lowest BCUT2D eigenvalue weighted by Gasteiger charge is -2.24. The monoisotopic (exact) mass is 222 g/mol. The molecule has 2 saturated heterocycles. The van der Waals surface area contributed by atoms with Crippen LogP contribution in [0, 0.1) is 0 Å². The Morgan fingerprint density at radius 1 is 1.33 bits per heavy atom. The highest BCUT2D eigenvalue weighted by Crippen LogP contribution is 2.32. The van der Waals surface area contributed by atoms with Crippen molar-refractivity contribution in [1.29, 1.82) is 0 Å². The molecular formula is C9H13F3N2O. The van der Waals surface area contributed by atoms with Crippen LogP contribution in [-0.4, -0.2) is 42.2 Å². The van der Waals surface area contributed by atoms with Gasteiger partial charge in [-0.2, -0.15) is 13.2 Å². The van der Waals surface area contributed by atoms with Crippen LogP contribution in [0.15, 0.2) is 0 Å². The molecule has 86 valence electrons. The molecule has 6 heteroatoms. The topological polar surface area (TPSA) is 32.3 Å². The fraction of sp³-hybridized carbons (Fsp3) is 0.889. The van der Waals surface area contributed by atoms with E-state index in [2.05, 4.69) is 5.32 Å². The molecule has 2 aliphatic rings. The Kier molecular flexibility index (Phi) is 2.41. The molecule has 3 nitrogen and oxygen atoms in total. The number of likely N-dealkylation sites (tertiary alicyclic amines) is 1. The lowest BCUT2D eigenvalue weighted by atomic mass is 9.97. The highest BCUT2D eigenvalue weighted by molar-refractivity contribution is 5.82. The Bertz CT molecular complexity index is 271. The third kappa shape index (κ3) is 1.95. The van der Waals surface area contributed by atoms with Crippen LogP contribution in [0.5, 0.6) is 0 Å². The van der Waals surface area contributed by atoms with E-state index in [4.69, 9.17) is 0 Å². The summed E-state index contributed by atoms with van der Waals surface area (Å²) in [6.07, 6.45) is -2.25. The normalized spacial score (nSPS) is 31.5. The second-order valence-corrected chi connectivity index (χ2v) is 4.29. The lowest BCUT2D eigenvalue weighted by molar-refractivity contribution is -0.184. The minimum atomic E-state index is -4.73. The number of nitrogens with zero attached hydrogens (tertiary/aromatic N) is 1. The highest BCUT2D eigenvalue weighted by Gasteiger charge is 2.49. The van der Waals surface area contributed by atoms with Gasteiger partial charge >= 0.3 is 12.1 Å². The van der Waals surface area contributed by atoms with E-state index in [-0.39, 0.29) is 18.6 Å². The summed E-state index contributed by atoms with van der Waals surface area (Å²) in [6.45, 7) is 1.25. The number of hydrogen-bond donors (Lipinski definition) is 1. The largest absolute Gasteiger partial charge is 0.471 e. The maximum absolute atomic E-state index is 12.2. The minimum Gasteiger partial charge on any atom is -0.333 e. The second kappa shape index (κ2) is 3.37. The third-order valence-corrected chi connectivity index (χ3v) is 3.22. The first-order chi connectivity index (χ1) is 6.93. The Balaban J connectivity index is 2.01. The standard InChI is InChI=1S/C9H13F3N2O/c10-9(11,12)7(15)14-5-3-8(6-14)2-1-4-13-8/h13H,1-6H2. The van der Waals surface area contributed by atoms with Crippen molar-refractivity contribution in [3.63, 3.8) is 0 Å². The van der Waals surface area contributed by atoms with Crippen LogP contribution in [-0.2, 0) is 4.79 Å². The second-order valence-electron chi connectivity index (χ2n) is 4.29. The van der Waals surface area contributed by atoms with E-state index in [1.54, 1.807) is 0 Å².